The van der Waals surface area contributed by atoms with E-state index in [1.54, 1.807) is 16.8 Å². The van der Waals surface area contributed by atoms with Gasteiger partial charge in [0.1, 0.15) is 12.1 Å². The van der Waals surface area contributed by atoms with Crippen LogP contribution in [0.5, 0.6) is 0 Å². The van der Waals surface area contributed by atoms with Crippen LogP contribution in [0.15, 0.2) is 76.3 Å². The van der Waals surface area contributed by atoms with Gasteiger partial charge in [-0.05, 0) is 41.6 Å². The lowest BCUT2D eigenvalue weighted by atomic mass is 10.1. The molecule has 2 aliphatic heterocycles. The molecule has 1 aromatic heterocycles. The number of thioether (sulfide) groups is 1. The Balaban J connectivity index is 1.32. The van der Waals surface area contributed by atoms with Gasteiger partial charge >= 0.3 is 0 Å². The lowest BCUT2D eigenvalue weighted by Crippen LogP contribution is -2.53. The van der Waals surface area contributed by atoms with Crippen LogP contribution in [-0.4, -0.2) is 84.9 Å². The minimum absolute atomic E-state index is 0.0193. The van der Waals surface area contributed by atoms with Gasteiger partial charge in [0.15, 0.2) is 15.6 Å². The zero-order chi connectivity index (χ0) is 29.1. The highest BCUT2D eigenvalue weighted by Gasteiger charge is 2.52. The number of carbonyl (C=O) groups is 4. The Morgan fingerprint density at radius 3 is 2.54 bits per heavy atom. The molecule has 214 valence electrons. The number of hydrogen-bond acceptors (Lipinski definition) is 8. The average molecular weight is 612 g/mol. The number of likely N-dealkylation sites (tertiary alicyclic amines) is 2. The van der Waals surface area contributed by atoms with Crippen molar-refractivity contribution in [3.63, 3.8) is 0 Å². The molecule has 2 saturated heterocycles. The molecule has 0 aliphatic carbocycles. The normalized spacial score (nSPS) is 19.2. The summed E-state index contributed by atoms with van der Waals surface area (Å²) in [6.45, 7) is 0.0942. The van der Waals surface area contributed by atoms with Crippen molar-refractivity contribution in [1.82, 2.24) is 15.1 Å². The molecule has 0 bridgehead atoms. The van der Waals surface area contributed by atoms with Gasteiger partial charge in [-0.1, -0.05) is 36.4 Å². The van der Waals surface area contributed by atoms with E-state index in [1.165, 1.54) is 57.2 Å². The van der Waals surface area contributed by atoms with Gasteiger partial charge < -0.3 is 15.1 Å². The molecule has 3 aromatic rings. The number of fused-ring (bicyclic) bond motifs is 1. The van der Waals surface area contributed by atoms with Crippen molar-refractivity contribution in [3.05, 3.63) is 88.1 Å². The third-order valence-corrected chi connectivity index (χ3v) is 10.2. The average Bonchev–Trinajstić information content (AvgIpc) is 3.71. The highest BCUT2D eigenvalue weighted by molar-refractivity contribution is 7.98. The Morgan fingerprint density at radius 1 is 1.05 bits per heavy atom. The van der Waals surface area contributed by atoms with Crippen LogP contribution in [0.4, 0.5) is 0 Å². The van der Waals surface area contributed by atoms with E-state index in [0.717, 1.165) is 11.8 Å². The van der Waals surface area contributed by atoms with Crippen LogP contribution in [0, 0.1) is 0 Å². The quantitative estimate of drug-likeness (QED) is 0.395. The van der Waals surface area contributed by atoms with Crippen molar-refractivity contribution in [3.8, 4) is 0 Å². The Hall–Kier alpha value is -3.48. The predicted octanol–water partition coefficient (Wildman–Crippen LogP) is 2.88. The SMILES string of the molecule is CS(=O)(=O)c1cccc(C(=O)N2CC(=O)[C@@H]3[C@H]2CCN3C(=O)C(CSCc2ccccc2)NC(=O)c2ccsc2)c1. The topological polar surface area (TPSA) is 121 Å². The molecule has 0 radical (unpaired) electrons. The fraction of sp³-hybridized carbons (Fsp3) is 0.310. The van der Waals surface area contributed by atoms with E-state index in [-0.39, 0.29) is 41.1 Å². The smallest absolute Gasteiger partial charge is 0.254 e. The van der Waals surface area contributed by atoms with Gasteiger partial charge in [-0.15, -0.1) is 0 Å². The van der Waals surface area contributed by atoms with E-state index in [9.17, 15) is 27.6 Å². The fourth-order valence-corrected chi connectivity index (χ4v) is 7.55. The summed E-state index contributed by atoms with van der Waals surface area (Å²) in [7, 11) is -3.52. The second kappa shape index (κ2) is 12.2. The monoisotopic (exact) mass is 611 g/mol. The molecule has 12 heteroatoms. The first-order valence-electron chi connectivity index (χ1n) is 13.0. The largest absolute Gasteiger partial charge is 0.339 e. The molecule has 9 nitrogen and oxygen atoms in total. The molecule has 2 fully saturated rings. The zero-order valence-corrected chi connectivity index (χ0v) is 24.7. The lowest BCUT2D eigenvalue weighted by Gasteiger charge is -2.28. The summed E-state index contributed by atoms with van der Waals surface area (Å²) in [6.07, 6.45) is 1.47. The standard InChI is InChI=1S/C29H29N3O6S3/c1-41(37,38)22-9-5-8-20(14-22)28(35)32-15-25(33)26-24(32)10-12-31(26)29(36)23(30-27(34)21-11-13-39-17-21)18-40-16-19-6-3-2-4-7-19/h2-9,11,13-14,17,23-24,26H,10,12,15-16,18H2,1H3,(H,30,34)/t23?,24-,26+/m1/s1. The number of benzene rings is 2. The zero-order valence-electron chi connectivity index (χ0n) is 22.3. The second-order valence-corrected chi connectivity index (χ2v) is 13.9. The lowest BCUT2D eigenvalue weighted by molar-refractivity contribution is -0.137. The van der Waals surface area contributed by atoms with Gasteiger partial charge in [0, 0.05) is 35.2 Å². The van der Waals surface area contributed by atoms with E-state index in [2.05, 4.69) is 5.32 Å². The maximum atomic E-state index is 13.9. The summed E-state index contributed by atoms with van der Waals surface area (Å²) in [5.74, 6) is -0.463. The molecule has 1 N–H and O–H groups in total. The van der Waals surface area contributed by atoms with Crippen molar-refractivity contribution in [1.29, 1.82) is 0 Å². The maximum Gasteiger partial charge on any atom is 0.254 e. The minimum Gasteiger partial charge on any atom is -0.339 e. The molecule has 2 aliphatic rings. The highest BCUT2D eigenvalue weighted by Crippen LogP contribution is 2.32. The summed E-state index contributed by atoms with van der Waals surface area (Å²) in [5, 5.41) is 6.36. The molecular weight excluding hydrogens is 583 g/mol. The molecule has 3 amide bonds. The Kier molecular flexibility index (Phi) is 8.62. The third-order valence-electron chi connectivity index (χ3n) is 7.26. The molecule has 0 spiro atoms. The van der Waals surface area contributed by atoms with Crippen molar-refractivity contribution in [2.75, 3.05) is 25.1 Å². The Morgan fingerprint density at radius 2 is 1.83 bits per heavy atom. The number of ketones is 1. The summed E-state index contributed by atoms with van der Waals surface area (Å²) in [4.78, 5) is 56.3. The van der Waals surface area contributed by atoms with Crippen LogP contribution >= 0.6 is 23.1 Å². The summed E-state index contributed by atoms with van der Waals surface area (Å²) in [6, 6.07) is 15.0. The van der Waals surface area contributed by atoms with Gasteiger partial charge in [0.2, 0.25) is 5.91 Å². The van der Waals surface area contributed by atoms with Crippen LogP contribution in [0.25, 0.3) is 0 Å². The highest BCUT2D eigenvalue weighted by atomic mass is 32.2. The first-order chi connectivity index (χ1) is 19.6. The number of rotatable bonds is 9. The minimum atomic E-state index is -3.52. The van der Waals surface area contributed by atoms with Crippen LogP contribution < -0.4 is 5.32 Å². The van der Waals surface area contributed by atoms with Gasteiger partial charge in [-0.2, -0.15) is 23.1 Å². The summed E-state index contributed by atoms with van der Waals surface area (Å²) < 4.78 is 24.0. The van der Waals surface area contributed by atoms with Crippen molar-refractivity contribution >= 4 is 56.4 Å². The number of thiophene rings is 1. The first-order valence-corrected chi connectivity index (χ1v) is 17.0. The summed E-state index contributed by atoms with van der Waals surface area (Å²) in [5.41, 5.74) is 1.73. The molecule has 3 atom stereocenters. The van der Waals surface area contributed by atoms with Gasteiger partial charge in [0.25, 0.3) is 11.8 Å². The van der Waals surface area contributed by atoms with Gasteiger partial charge in [-0.25, -0.2) is 8.42 Å². The number of carbonyl (C=O) groups excluding carboxylic acids is 4. The van der Waals surface area contributed by atoms with E-state index in [4.69, 9.17) is 0 Å². The third kappa shape index (κ3) is 6.39. The van der Waals surface area contributed by atoms with Crippen molar-refractivity contribution in [2.45, 2.75) is 35.2 Å². The molecule has 3 heterocycles. The van der Waals surface area contributed by atoms with Crippen molar-refractivity contribution < 1.29 is 27.6 Å². The maximum absolute atomic E-state index is 13.9. The first kappa shape index (κ1) is 29.0. The number of nitrogens with zero attached hydrogens (tertiary/aromatic N) is 2. The van der Waals surface area contributed by atoms with Crippen LogP contribution in [-0.2, 0) is 25.2 Å². The second-order valence-electron chi connectivity index (χ2n) is 10.1. The number of hydrogen-bond donors (Lipinski definition) is 1. The Labute approximate surface area is 246 Å². The van der Waals surface area contributed by atoms with Gasteiger partial charge in [-0.3, -0.25) is 19.2 Å². The molecule has 5 rings (SSSR count). The van der Waals surface area contributed by atoms with E-state index in [0.29, 0.717) is 23.5 Å². The Bertz CT molecular complexity index is 1560. The van der Waals surface area contributed by atoms with E-state index < -0.39 is 33.9 Å². The number of amides is 3. The molecule has 2 aromatic carbocycles. The molecular formula is C29H29N3O6S3. The molecule has 0 saturated carbocycles. The van der Waals surface area contributed by atoms with Gasteiger partial charge in [0.05, 0.1) is 23.0 Å². The predicted molar refractivity (Wildman–Crippen MR) is 158 cm³/mol. The van der Waals surface area contributed by atoms with Crippen LogP contribution in [0.2, 0.25) is 0 Å². The van der Waals surface area contributed by atoms with E-state index in [1.807, 2.05) is 30.3 Å². The van der Waals surface area contributed by atoms with E-state index >= 15 is 0 Å². The van der Waals surface area contributed by atoms with Crippen LogP contribution in [0.1, 0.15) is 32.7 Å². The fourth-order valence-electron chi connectivity index (χ4n) is 5.24. The number of Topliss-reactive ketones (excluding diaryl/α,β-unsaturated/α-hetero) is 1. The number of sulfone groups is 1. The molecule has 41 heavy (non-hydrogen) atoms. The van der Waals surface area contributed by atoms with Crippen molar-refractivity contribution in [2.24, 2.45) is 0 Å². The number of nitrogens with one attached hydrogen (secondary N) is 1. The summed E-state index contributed by atoms with van der Waals surface area (Å²) >= 11 is 2.90. The van der Waals surface area contributed by atoms with Crippen LogP contribution in [0.3, 0.4) is 0 Å². The molecule has 1 unspecified atom stereocenters.